The van der Waals surface area contributed by atoms with Crippen molar-refractivity contribution in [2.24, 2.45) is 0 Å². The van der Waals surface area contributed by atoms with Crippen LogP contribution in [0.3, 0.4) is 0 Å². The molecule has 1 N–H and O–H groups in total. The SMILES string of the molecule is CC(CCCN1CCCC1)S(=O)(=O)O. The van der Waals surface area contributed by atoms with Crippen LogP contribution in [0, 0.1) is 0 Å². The summed E-state index contributed by atoms with van der Waals surface area (Å²) in [5.74, 6) is 0. The van der Waals surface area contributed by atoms with E-state index in [9.17, 15) is 8.42 Å². The van der Waals surface area contributed by atoms with Gasteiger partial charge in [-0.15, -0.1) is 0 Å². The van der Waals surface area contributed by atoms with Crippen LogP contribution in [-0.2, 0) is 10.1 Å². The molecule has 1 unspecified atom stereocenters. The number of nitrogens with zero attached hydrogens (tertiary/aromatic N) is 1. The van der Waals surface area contributed by atoms with Crippen molar-refractivity contribution >= 4 is 10.1 Å². The maximum atomic E-state index is 10.7. The van der Waals surface area contributed by atoms with Crippen molar-refractivity contribution in [2.75, 3.05) is 19.6 Å². The standard InChI is InChI=1S/C9H19NO3S/c1-9(14(11,12)13)5-4-8-10-6-2-3-7-10/h9H,2-8H2,1H3,(H,11,12,13). The lowest BCUT2D eigenvalue weighted by molar-refractivity contribution is 0.328. The summed E-state index contributed by atoms with van der Waals surface area (Å²) < 4.78 is 30.1. The van der Waals surface area contributed by atoms with E-state index in [1.165, 1.54) is 12.8 Å². The number of rotatable bonds is 5. The molecule has 4 nitrogen and oxygen atoms in total. The highest BCUT2D eigenvalue weighted by molar-refractivity contribution is 7.86. The van der Waals surface area contributed by atoms with Crippen LogP contribution >= 0.6 is 0 Å². The molecule has 0 spiro atoms. The second-order valence-electron chi connectivity index (χ2n) is 4.02. The fraction of sp³-hybridized carbons (Fsp3) is 1.00. The molecule has 0 radical (unpaired) electrons. The van der Waals surface area contributed by atoms with Crippen molar-refractivity contribution in [1.29, 1.82) is 0 Å². The van der Waals surface area contributed by atoms with Crippen LogP contribution in [0.1, 0.15) is 32.6 Å². The Morgan fingerprint density at radius 1 is 1.36 bits per heavy atom. The van der Waals surface area contributed by atoms with E-state index in [1.54, 1.807) is 6.92 Å². The second kappa shape index (κ2) is 5.09. The molecule has 1 aliphatic rings. The van der Waals surface area contributed by atoms with Gasteiger partial charge in [0.25, 0.3) is 10.1 Å². The normalized spacial score (nSPS) is 21.3. The van der Waals surface area contributed by atoms with Crippen LogP contribution in [0.4, 0.5) is 0 Å². The van der Waals surface area contributed by atoms with Gasteiger partial charge >= 0.3 is 0 Å². The van der Waals surface area contributed by atoms with Gasteiger partial charge in [-0.1, -0.05) is 0 Å². The van der Waals surface area contributed by atoms with E-state index in [2.05, 4.69) is 4.90 Å². The lowest BCUT2D eigenvalue weighted by atomic mass is 10.2. The maximum absolute atomic E-state index is 10.7. The van der Waals surface area contributed by atoms with Crippen LogP contribution in [0.2, 0.25) is 0 Å². The van der Waals surface area contributed by atoms with E-state index in [1.807, 2.05) is 0 Å². The smallest absolute Gasteiger partial charge is 0.267 e. The van der Waals surface area contributed by atoms with Crippen molar-refractivity contribution < 1.29 is 13.0 Å². The minimum Gasteiger partial charge on any atom is -0.303 e. The van der Waals surface area contributed by atoms with Crippen molar-refractivity contribution in [1.82, 2.24) is 4.90 Å². The zero-order valence-electron chi connectivity index (χ0n) is 8.65. The van der Waals surface area contributed by atoms with Gasteiger partial charge in [-0.25, -0.2) is 0 Å². The predicted molar refractivity (Wildman–Crippen MR) is 55.9 cm³/mol. The molecule has 1 fully saturated rings. The van der Waals surface area contributed by atoms with Gasteiger partial charge in [-0.05, 0) is 52.2 Å². The molecule has 1 heterocycles. The molecule has 5 heteroatoms. The Balaban J connectivity index is 2.14. The molecule has 0 aliphatic carbocycles. The van der Waals surface area contributed by atoms with Gasteiger partial charge in [0.2, 0.25) is 0 Å². The summed E-state index contributed by atoms with van der Waals surface area (Å²) in [7, 11) is -3.82. The Morgan fingerprint density at radius 3 is 2.43 bits per heavy atom. The first-order valence-corrected chi connectivity index (χ1v) is 6.69. The van der Waals surface area contributed by atoms with E-state index < -0.39 is 15.4 Å². The van der Waals surface area contributed by atoms with Crippen LogP contribution < -0.4 is 0 Å². The van der Waals surface area contributed by atoms with E-state index >= 15 is 0 Å². The molecule has 0 amide bonds. The summed E-state index contributed by atoms with van der Waals surface area (Å²) >= 11 is 0. The summed E-state index contributed by atoms with van der Waals surface area (Å²) in [6.45, 7) is 4.79. The fourth-order valence-corrected chi connectivity index (χ4v) is 2.22. The van der Waals surface area contributed by atoms with E-state index in [4.69, 9.17) is 4.55 Å². The van der Waals surface area contributed by atoms with Gasteiger partial charge in [0, 0.05) is 0 Å². The highest BCUT2D eigenvalue weighted by Gasteiger charge is 2.17. The van der Waals surface area contributed by atoms with Gasteiger partial charge in [-0.3, -0.25) is 4.55 Å². The van der Waals surface area contributed by atoms with E-state index in [-0.39, 0.29) is 0 Å². The molecular weight excluding hydrogens is 202 g/mol. The minimum absolute atomic E-state index is 0.551. The van der Waals surface area contributed by atoms with Gasteiger partial charge in [-0.2, -0.15) is 8.42 Å². The Kier molecular flexibility index (Phi) is 4.34. The zero-order valence-corrected chi connectivity index (χ0v) is 9.46. The molecule has 1 saturated heterocycles. The molecule has 0 saturated carbocycles. The number of hydrogen-bond acceptors (Lipinski definition) is 3. The molecule has 0 aromatic heterocycles. The fourth-order valence-electron chi connectivity index (χ4n) is 1.76. The molecule has 1 aliphatic heterocycles. The Labute approximate surface area is 86.0 Å². The molecular formula is C9H19NO3S. The molecule has 0 aromatic carbocycles. The second-order valence-corrected chi connectivity index (χ2v) is 5.85. The largest absolute Gasteiger partial charge is 0.303 e. The van der Waals surface area contributed by atoms with E-state index in [0.717, 1.165) is 26.1 Å². The molecule has 0 aromatic rings. The summed E-state index contributed by atoms with van der Waals surface area (Å²) in [5, 5.41) is -0.620. The summed E-state index contributed by atoms with van der Waals surface area (Å²) in [4.78, 5) is 2.34. The summed E-state index contributed by atoms with van der Waals surface area (Å²) in [5.41, 5.74) is 0. The first-order valence-electron chi connectivity index (χ1n) is 5.19. The third kappa shape index (κ3) is 3.94. The van der Waals surface area contributed by atoms with Crippen molar-refractivity contribution in [3.63, 3.8) is 0 Å². The molecule has 1 rings (SSSR count). The topological polar surface area (TPSA) is 57.6 Å². The van der Waals surface area contributed by atoms with Crippen molar-refractivity contribution in [2.45, 2.75) is 37.9 Å². The predicted octanol–water partition coefficient (Wildman–Crippen LogP) is 1.14. The van der Waals surface area contributed by atoms with Gasteiger partial charge in [0.1, 0.15) is 0 Å². The van der Waals surface area contributed by atoms with Crippen LogP contribution in [0.25, 0.3) is 0 Å². The average molecular weight is 221 g/mol. The molecule has 0 bridgehead atoms. The summed E-state index contributed by atoms with van der Waals surface area (Å²) in [6.07, 6.45) is 3.91. The maximum Gasteiger partial charge on any atom is 0.267 e. The third-order valence-electron chi connectivity index (χ3n) is 2.79. The minimum atomic E-state index is -3.82. The van der Waals surface area contributed by atoms with Crippen LogP contribution in [0.5, 0.6) is 0 Å². The van der Waals surface area contributed by atoms with Gasteiger partial charge in [0.05, 0.1) is 5.25 Å². The first kappa shape index (κ1) is 11.9. The lowest BCUT2D eigenvalue weighted by Crippen LogP contribution is -2.23. The van der Waals surface area contributed by atoms with E-state index in [0.29, 0.717) is 6.42 Å². The highest BCUT2D eigenvalue weighted by atomic mass is 32.2. The molecule has 14 heavy (non-hydrogen) atoms. The Morgan fingerprint density at radius 2 is 1.93 bits per heavy atom. The number of hydrogen-bond donors (Lipinski definition) is 1. The van der Waals surface area contributed by atoms with Gasteiger partial charge < -0.3 is 4.90 Å². The highest BCUT2D eigenvalue weighted by Crippen LogP contribution is 2.11. The lowest BCUT2D eigenvalue weighted by Gasteiger charge is -2.15. The average Bonchev–Trinajstić information content (AvgIpc) is 2.55. The number of likely N-dealkylation sites (tertiary alicyclic amines) is 1. The van der Waals surface area contributed by atoms with Crippen LogP contribution in [-0.4, -0.2) is 42.8 Å². The summed E-state index contributed by atoms with van der Waals surface area (Å²) in [6, 6.07) is 0. The monoisotopic (exact) mass is 221 g/mol. The zero-order chi connectivity index (χ0) is 10.6. The van der Waals surface area contributed by atoms with Gasteiger partial charge in [0.15, 0.2) is 0 Å². The molecule has 1 atom stereocenters. The van der Waals surface area contributed by atoms with Crippen molar-refractivity contribution in [3.05, 3.63) is 0 Å². The Hall–Kier alpha value is -0.130. The van der Waals surface area contributed by atoms with Crippen molar-refractivity contribution in [3.8, 4) is 0 Å². The van der Waals surface area contributed by atoms with Crippen LogP contribution in [0.15, 0.2) is 0 Å². The first-order chi connectivity index (χ1) is 6.50. The third-order valence-corrected chi connectivity index (χ3v) is 4.04. The Bertz CT molecular complexity index is 257. The quantitative estimate of drug-likeness (QED) is 0.707. The molecule has 84 valence electrons.